The monoisotopic (exact) mass is 186 g/mol. The average Bonchev–Trinajstić information content (AvgIpc) is 2.03. The number of carboxylic acid groups (broad SMARTS) is 2. The van der Waals surface area contributed by atoms with Crippen LogP contribution >= 0.6 is 0 Å². The second-order valence-electron chi connectivity index (χ2n) is 2.74. The second-order valence-corrected chi connectivity index (χ2v) is 2.74. The third-order valence-corrected chi connectivity index (χ3v) is 1.60. The summed E-state index contributed by atoms with van der Waals surface area (Å²) in [7, 11) is 0. The molecule has 0 bridgehead atoms. The Kier molecular flexibility index (Phi) is 5.59. The Bertz CT molecular complexity index is 218. The smallest absolute Gasteiger partial charge is 0.331 e. The van der Waals surface area contributed by atoms with Crippen LogP contribution in [0, 0.1) is 0 Å². The van der Waals surface area contributed by atoms with E-state index in [1.54, 1.807) is 0 Å². The molecule has 4 heteroatoms. The fourth-order valence-corrected chi connectivity index (χ4v) is 0.874. The number of rotatable bonds is 6. The zero-order chi connectivity index (χ0) is 10.3. The number of carboxylic acids is 2. The first-order valence-electron chi connectivity index (χ1n) is 4.22. The number of hydrogen-bond acceptors (Lipinski definition) is 2. The summed E-state index contributed by atoms with van der Waals surface area (Å²) >= 11 is 0. The van der Waals surface area contributed by atoms with Crippen molar-refractivity contribution < 1.29 is 19.8 Å². The zero-order valence-corrected chi connectivity index (χ0v) is 7.62. The quantitative estimate of drug-likeness (QED) is 0.618. The van der Waals surface area contributed by atoms with E-state index in [0.29, 0.717) is 6.42 Å². The number of unbranched alkanes of at least 4 members (excludes halogenated alkanes) is 1. The molecule has 0 radical (unpaired) electrons. The van der Waals surface area contributed by atoms with Crippen molar-refractivity contribution in [2.24, 2.45) is 0 Å². The third-order valence-electron chi connectivity index (χ3n) is 1.60. The van der Waals surface area contributed by atoms with Gasteiger partial charge in [-0.1, -0.05) is 19.4 Å². The van der Waals surface area contributed by atoms with E-state index in [4.69, 9.17) is 10.2 Å². The largest absolute Gasteiger partial charge is 0.481 e. The van der Waals surface area contributed by atoms with Crippen molar-refractivity contribution in [3.8, 4) is 0 Å². The Hall–Kier alpha value is -1.32. The number of aliphatic carboxylic acids is 2. The SMILES string of the molecule is CCCCC(=CCC(=O)O)C(=O)O. The van der Waals surface area contributed by atoms with Gasteiger partial charge in [0.2, 0.25) is 0 Å². The van der Waals surface area contributed by atoms with Gasteiger partial charge in [0.05, 0.1) is 6.42 Å². The predicted octanol–water partition coefficient (Wildman–Crippen LogP) is 1.66. The van der Waals surface area contributed by atoms with Crippen LogP contribution in [0.3, 0.4) is 0 Å². The molecule has 0 saturated carbocycles. The lowest BCUT2D eigenvalue weighted by Crippen LogP contribution is -2.02. The fraction of sp³-hybridized carbons (Fsp3) is 0.556. The van der Waals surface area contributed by atoms with Gasteiger partial charge in [0.15, 0.2) is 0 Å². The highest BCUT2D eigenvalue weighted by molar-refractivity contribution is 5.87. The molecule has 0 aliphatic heterocycles. The molecule has 13 heavy (non-hydrogen) atoms. The lowest BCUT2D eigenvalue weighted by molar-refractivity contribution is -0.136. The van der Waals surface area contributed by atoms with Crippen molar-refractivity contribution in [3.63, 3.8) is 0 Å². The molecule has 0 aliphatic rings. The molecule has 0 aromatic rings. The van der Waals surface area contributed by atoms with Gasteiger partial charge in [-0.3, -0.25) is 4.79 Å². The summed E-state index contributed by atoms with van der Waals surface area (Å²) in [5.41, 5.74) is 0.198. The maximum absolute atomic E-state index is 10.6. The molecule has 0 heterocycles. The first-order valence-corrected chi connectivity index (χ1v) is 4.22. The van der Waals surface area contributed by atoms with Crippen molar-refractivity contribution >= 4 is 11.9 Å². The molecule has 4 nitrogen and oxygen atoms in total. The Balaban J connectivity index is 4.15. The first kappa shape index (κ1) is 11.7. The molecule has 0 fully saturated rings. The lowest BCUT2D eigenvalue weighted by atomic mass is 10.1. The van der Waals surface area contributed by atoms with Crippen LogP contribution in [0.1, 0.15) is 32.6 Å². The van der Waals surface area contributed by atoms with Crippen LogP contribution in [-0.2, 0) is 9.59 Å². The average molecular weight is 186 g/mol. The summed E-state index contributed by atoms with van der Waals surface area (Å²) < 4.78 is 0. The maximum atomic E-state index is 10.6. The van der Waals surface area contributed by atoms with Crippen LogP contribution in [0.4, 0.5) is 0 Å². The van der Waals surface area contributed by atoms with Gasteiger partial charge in [-0.05, 0) is 12.8 Å². The molecular weight excluding hydrogens is 172 g/mol. The van der Waals surface area contributed by atoms with Crippen LogP contribution in [0.15, 0.2) is 11.6 Å². The van der Waals surface area contributed by atoms with Gasteiger partial charge in [-0.2, -0.15) is 0 Å². The van der Waals surface area contributed by atoms with Crippen LogP contribution in [0.25, 0.3) is 0 Å². The van der Waals surface area contributed by atoms with Crippen LogP contribution < -0.4 is 0 Å². The Labute approximate surface area is 76.9 Å². The van der Waals surface area contributed by atoms with E-state index in [1.165, 1.54) is 6.08 Å². The zero-order valence-electron chi connectivity index (χ0n) is 7.62. The molecule has 0 unspecified atom stereocenters. The molecule has 0 amide bonds. The van der Waals surface area contributed by atoms with E-state index >= 15 is 0 Å². The summed E-state index contributed by atoms with van der Waals surface area (Å²) in [6.45, 7) is 1.96. The van der Waals surface area contributed by atoms with Gasteiger partial charge in [0.1, 0.15) is 0 Å². The number of carbonyl (C=O) groups is 2. The van der Waals surface area contributed by atoms with Gasteiger partial charge >= 0.3 is 11.9 Å². The van der Waals surface area contributed by atoms with Gasteiger partial charge in [0, 0.05) is 5.57 Å². The fourth-order valence-electron chi connectivity index (χ4n) is 0.874. The van der Waals surface area contributed by atoms with Gasteiger partial charge in [-0.15, -0.1) is 0 Å². The topological polar surface area (TPSA) is 74.6 Å². The van der Waals surface area contributed by atoms with E-state index in [0.717, 1.165) is 12.8 Å². The minimum atomic E-state index is -1.02. The normalized spacial score (nSPS) is 11.3. The highest BCUT2D eigenvalue weighted by Gasteiger charge is 2.06. The van der Waals surface area contributed by atoms with Crippen molar-refractivity contribution in [3.05, 3.63) is 11.6 Å². The van der Waals surface area contributed by atoms with Gasteiger partial charge in [0.25, 0.3) is 0 Å². The second kappa shape index (κ2) is 6.22. The minimum Gasteiger partial charge on any atom is -0.481 e. The molecule has 74 valence electrons. The molecule has 0 aromatic carbocycles. The van der Waals surface area contributed by atoms with Crippen molar-refractivity contribution in [1.82, 2.24) is 0 Å². The molecule has 0 atom stereocenters. The highest BCUT2D eigenvalue weighted by Crippen LogP contribution is 2.08. The molecule has 0 aliphatic carbocycles. The van der Waals surface area contributed by atoms with Crippen LogP contribution in [-0.4, -0.2) is 22.2 Å². The number of hydrogen-bond donors (Lipinski definition) is 2. The molecule has 2 N–H and O–H groups in total. The summed E-state index contributed by atoms with van der Waals surface area (Å²) in [6.07, 6.45) is 3.17. The molecule has 0 aromatic heterocycles. The molecule has 0 spiro atoms. The van der Waals surface area contributed by atoms with Gasteiger partial charge in [-0.25, -0.2) is 4.79 Å². The Morgan fingerprint density at radius 1 is 1.31 bits per heavy atom. The summed E-state index contributed by atoms with van der Waals surface area (Å²) in [5, 5.41) is 17.0. The Morgan fingerprint density at radius 3 is 2.31 bits per heavy atom. The maximum Gasteiger partial charge on any atom is 0.331 e. The van der Waals surface area contributed by atoms with Crippen LogP contribution in [0.5, 0.6) is 0 Å². The summed E-state index contributed by atoms with van der Waals surface area (Å²) in [6, 6.07) is 0. The van der Waals surface area contributed by atoms with Crippen LogP contribution in [0.2, 0.25) is 0 Å². The molecule has 0 rings (SSSR count). The molecule has 0 saturated heterocycles. The van der Waals surface area contributed by atoms with Crippen molar-refractivity contribution in [2.45, 2.75) is 32.6 Å². The van der Waals surface area contributed by atoms with E-state index in [-0.39, 0.29) is 12.0 Å². The van der Waals surface area contributed by atoms with E-state index in [1.807, 2.05) is 6.92 Å². The predicted molar refractivity (Wildman–Crippen MR) is 47.5 cm³/mol. The van der Waals surface area contributed by atoms with E-state index in [9.17, 15) is 9.59 Å². The Morgan fingerprint density at radius 2 is 1.92 bits per heavy atom. The summed E-state index contributed by atoms with van der Waals surface area (Å²) in [5.74, 6) is -2.02. The van der Waals surface area contributed by atoms with E-state index in [2.05, 4.69) is 0 Å². The van der Waals surface area contributed by atoms with Crippen molar-refractivity contribution in [2.75, 3.05) is 0 Å². The first-order chi connectivity index (χ1) is 6.07. The third kappa shape index (κ3) is 5.90. The molecular formula is C9H14O4. The minimum absolute atomic E-state index is 0.198. The van der Waals surface area contributed by atoms with Gasteiger partial charge < -0.3 is 10.2 Å². The standard InChI is InChI=1S/C9H14O4/c1-2-3-4-7(9(12)13)5-6-8(10)11/h5H,2-4,6H2,1H3,(H,10,11)(H,12,13). The highest BCUT2D eigenvalue weighted by atomic mass is 16.4. The van der Waals surface area contributed by atoms with E-state index < -0.39 is 11.9 Å². The lowest BCUT2D eigenvalue weighted by Gasteiger charge is -1.99. The summed E-state index contributed by atoms with van der Waals surface area (Å²) in [4.78, 5) is 20.7. The van der Waals surface area contributed by atoms with Crippen molar-refractivity contribution in [1.29, 1.82) is 0 Å².